The molecule has 1 amide bonds. The molecule has 0 saturated heterocycles. The second-order valence-corrected chi connectivity index (χ2v) is 7.15. The number of carbonyl (C=O) groups excluding carboxylic acids is 1. The third kappa shape index (κ3) is 4.36. The summed E-state index contributed by atoms with van der Waals surface area (Å²) in [5.41, 5.74) is 3.58. The van der Waals surface area contributed by atoms with Gasteiger partial charge in [-0.1, -0.05) is 6.07 Å². The van der Waals surface area contributed by atoms with Crippen molar-refractivity contribution in [3.63, 3.8) is 0 Å². The number of carbonyl (C=O) groups is 1. The molecule has 6 nitrogen and oxygen atoms in total. The average molecular weight is 382 g/mol. The van der Waals surface area contributed by atoms with E-state index in [0.717, 1.165) is 22.6 Å². The predicted molar refractivity (Wildman–Crippen MR) is 109 cm³/mol. The molecular weight excluding hydrogens is 358 g/mol. The first-order chi connectivity index (χ1) is 13.1. The highest BCUT2D eigenvalue weighted by Crippen LogP contribution is 2.31. The van der Waals surface area contributed by atoms with Gasteiger partial charge < -0.3 is 4.90 Å². The smallest absolute Gasteiger partial charge is 0.228 e. The van der Waals surface area contributed by atoms with Gasteiger partial charge in [0.1, 0.15) is 0 Å². The van der Waals surface area contributed by atoms with Gasteiger partial charge in [-0.05, 0) is 43.9 Å². The van der Waals surface area contributed by atoms with Crippen LogP contribution in [-0.4, -0.2) is 38.5 Å². The summed E-state index contributed by atoms with van der Waals surface area (Å²) in [6.45, 7) is 4.49. The molecule has 0 N–H and O–H groups in total. The molecule has 3 heterocycles. The minimum absolute atomic E-state index is 0.0777. The number of pyridine rings is 2. The average Bonchev–Trinajstić information content (AvgIpc) is 3.09. The molecule has 0 aliphatic heterocycles. The monoisotopic (exact) mass is 381 g/mol. The Morgan fingerprint density at radius 3 is 2.56 bits per heavy atom. The van der Waals surface area contributed by atoms with Crippen LogP contribution in [0.25, 0.3) is 5.69 Å². The van der Waals surface area contributed by atoms with E-state index in [1.807, 2.05) is 56.8 Å². The molecule has 7 heteroatoms. The third-order valence-corrected chi connectivity index (χ3v) is 5.40. The molecule has 0 fully saturated rings. The van der Waals surface area contributed by atoms with E-state index in [1.54, 1.807) is 39.9 Å². The molecule has 0 aliphatic rings. The number of anilines is 1. The summed E-state index contributed by atoms with van der Waals surface area (Å²) in [6, 6.07) is 7.73. The van der Waals surface area contributed by atoms with Crippen LogP contribution < -0.4 is 4.90 Å². The van der Waals surface area contributed by atoms with Crippen molar-refractivity contribution in [1.82, 2.24) is 19.7 Å². The van der Waals surface area contributed by atoms with Crippen LogP contribution in [-0.2, 0) is 4.79 Å². The van der Waals surface area contributed by atoms with Gasteiger partial charge in [0.2, 0.25) is 5.91 Å². The summed E-state index contributed by atoms with van der Waals surface area (Å²) in [5.74, 6) is 0.0783. The fraction of sp³-hybridized carbons (Fsp3) is 0.300. The number of rotatable bonds is 7. The molecule has 140 valence electrons. The van der Waals surface area contributed by atoms with E-state index >= 15 is 0 Å². The number of aromatic nitrogens is 4. The van der Waals surface area contributed by atoms with Gasteiger partial charge in [-0.2, -0.15) is 16.9 Å². The standard InChI is InChI=1S/C20H23N5OS/c1-4-24(20(26)11-19(27-3)16-7-5-9-21-12-16)18-14-25(23-15(18)2)17-8-6-10-22-13-17/h5-10,12-14,19H,4,11H2,1-3H3. The van der Waals surface area contributed by atoms with Crippen molar-refractivity contribution in [2.24, 2.45) is 0 Å². The maximum Gasteiger partial charge on any atom is 0.228 e. The Morgan fingerprint density at radius 2 is 1.96 bits per heavy atom. The Kier molecular flexibility index (Phi) is 6.24. The van der Waals surface area contributed by atoms with E-state index in [4.69, 9.17) is 0 Å². The van der Waals surface area contributed by atoms with Crippen molar-refractivity contribution in [2.75, 3.05) is 17.7 Å². The van der Waals surface area contributed by atoms with Gasteiger partial charge in [-0.25, -0.2) is 4.68 Å². The third-order valence-electron chi connectivity index (χ3n) is 4.39. The fourth-order valence-electron chi connectivity index (χ4n) is 2.99. The second kappa shape index (κ2) is 8.81. The van der Waals surface area contributed by atoms with Crippen molar-refractivity contribution in [1.29, 1.82) is 0 Å². The lowest BCUT2D eigenvalue weighted by molar-refractivity contribution is -0.118. The molecule has 0 saturated carbocycles. The summed E-state index contributed by atoms with van der Waals surface area (Å²) < 4.78 is 1.76. The zero-order valence-corrected chi connectivity index (χ0v) is 16.6. The van der Waals surface area contributed by atoms with Gasteiger partial charge in [0.05, 0.1) is 29.5 Å². The molecule has 3 aromatic rings. The van der Waals surface area contributed by atoms with Crippen LogP contribution in [0.1, 0.15) is 29.9 Å². The molecule has 1 atom stereocenters. The molecule has 0 radical (unpaired) electrons. The molecule has 3 aromatic heterocycles. The normalized spacial score (nSPS) is 12.0. The van der Waals surface area contributed by atoms with E-state index in [1.165, 1.54) is 0 Å². The first-order valence-corrected chi connectivity index (χ1v) is 10.1. The second-order valence-electron chi connectivity index (χ2n) is 6.11. The maximum atomic E-state index is 13.1. The van der Waals surface area contributed by atoms with Gasteiger partial charge in [-0.3, -0.25) is 14.8 Å². The van der Waals surface area contributed by atoms with Crippen LogP contribution in [0.3, 0.4) is 0 Å². The van der Waals surface area contributed by atoms with Crippen molar-refractivity contribution in [3.05, 3.63) is 66.5 Å². The van der Waals surface area contributed by atoms with Crippen molar-refractivity contribution < 1.29 is 4.79 Å². The predicted octanol–water partition coefficient (Wildman–Crippen LogP) is 3.82. The number of thioether (sulfide) groups is 1. The minimum Gasteiger partial charge on any atom is -0.309 e. The first kappa shape index (κ1) is 19.1. The van der Waals surface area contributed by atoms with Gasteiger partial charge in [0.15, 0.2) is 0 Å². The molecule has 27 heavy (non-hydrogen) atoms. The summed E-state index contributed by atoms with van der Waals surface area (Å²) in [7, 11) is 0. The molecule has 3 rings (SSSR count). The van der Waals surface area contributed by atoms with Gasteiger partial charge in [0, 0.05) is 36.8 Å². The summed E-state index contributed by atoms with van der Waals surface area (Å²) in [4.78, 5) is 23.2. The topological polar surface area (TPSA) is 63.9 Å². The largest absolute Gasteiger partial charge is 0.309 e. The highest BCUT2D eigenvalue weighted by atomic mass is 32.2. The summed E-state index contributed by atoms with van der Waals surface area (Å²) >= 11 is 1.66. The number of amides is 1. The number of nitrogens with zero attached hydrogens (tertiary/aromatic N) is 5. The molecule has 0 bridgehead atoms. The minimum atomic E-state index is 0.0777. The van der Waals surface area contributed by atoms with E-state index in [2.05, 4.69) is 15.1 Å². The van der Waals surface area contributed by atoms with Crippen molar-refractivity contribution in [2.45, 2.75) is 25.5 Å². The number of aryl methyl sites for hydroxylation is 1. The van der Waals surface area contributed by atoms with Crippen molar-refractivity contribution >= 4 is 23.4 Å². The zero-order valence-electron chi connectivity index (χ0n) is 15.7. The van der Waals surface area contributed by atoms with Gasteiger partial charge >= 0.3 is 0 Å². The summed E-state index contributed by atoms with van der Waals surface area (Å²) in [5, 5.41) is 4.63. The lowest BCUT2D eigenvalue weighted by Crippen LogP contribution is -2.31. The molecule has 0 spiro atoms. The van der Waals surface area contributed by atoms with Crippen LogP contribution in [0, 0.1) is 6.92 Å². The van der Waals surface area contributed by atoms with E-state index in [9.17, 15) is 4.79 Å². The Balaban J connectivity index is 1.82. The Labute approximate surface area is 163 Å². The number of hydrogen-bond donors (Lipinski definition) is 0. The Morgan fingerprint density at radius 1 is 1.22 bits per heavy atom. The SMILES string of the molecule is CCN(C(=O)CC(SC)c1cccnc1)c1cn(-c2cccnc2)nc1C. The zero-order chi connectivity index (χ0) is 19.2. The van der Waals surface area contributed by atoms with Crippen LogP contribution >= 0.6 is 11.8 Å². The van der Waals surface area contributed by atoms with Crippen LogP contribution in [0.2, 0.25) is 0 Å². The molecule has 0 aromatic carbocycles. The van der Waals surface area contributed by atoms with Crippen molar-refractivity contribution in [3.8, 4) is 5.69 Å². The van der Waals surface area contributed by atoms with E-state index < -0.39 is 0 Å². The number of hydrogen-bond acceptors (Lipinski definition) is 5. The molecule has 1 unspecified atom stereocenters. The van der Waals surface area contributed by atoms with E-state index in [0.29, 0.717) is 13.0 Å². The summed E-state index contributed by atoms with van der Waals surface area (Å²) in [6.07, 6.45) is 11.4. The van der Waals surface area contributed by atoms with Gasteiger partial charge in [0.25, 0.3) is 0 Å². The van der Waals surface area contributed by atoms with Gasteiger partial charge in [-0.15, -0.1) is 0 Å². The van der Waals surface area contributed by atoms with Crippen LogP contribution in [0.15, 0.2) is 55.2 Å². The van der Waals surface area contributed by atoms with Crippen LogP contribution in [0.4, 0.5) is 5.69 Å². The highest BCUT2D eigenvalue weighted by Gasteiger charge is 2.23. The van der Waals surface area contributed by atoms with Crippen LogP contribution in [0.5, 0.6) is 0 Å². The fourth-order valence-corrected chi connectivity index (χ4v) is 3.71. The first-order valence-electron chi connectivity index (χ1n) is 8.83. The lowest BCUT2D eigenvalue weighted by Gasteiger charge is -2.23. The van der Waals surface area contributed by atoms with E-state index in [-0.39, 0.29) is 11.2 Å². The Hall–Kier alpha value is -2.67. The lowest BCUT2D eigenvalue weighted by atomic mass is 10.1. The highest BCUT2D eigenvalue weighted by molar-refractivity contribution is 7.98. The molecular formula is C20H23N5OS. The molecule has 0 aliphatic carbocycles. The Bertz CT molecular complexity index is 882. The maximum absolute atomic E-state index is 13.1. The quantitative estimate of drug-likeness (QED) is 0.622.